The van der Waals surface area contributed by atoms with Gasteiger partial charge in [-0.05, 0) is 54.6 Å². The largest absolute Gasteiger partial charge is 0.378 e. The average molecular weight is 386 g/mol. The summed E-state index contributed by atoms with van der Waals surface area (Å²) in [5, 5.41) is 7.77. The summed E-state index contributed by atoms with van der Waals surface area (Å²) >= 11 is 0. The third-order valence-electron chi connectivity index (χ3n) is 4.98. The van der Waals surface area contributed by atoms with Gasteiger partial charge in [0.15, 0.2) is 0 Å². The number of nitrogens with zero attached hydrogens (tertiary/aromatic N) is 3. The van der Waals surface area contributed by atoms with Gasteiger partial charge in [-0.25, -0.2) is 4.98 Å². The van der Waals surface area contributed by atoms with Crippen LogP contribution in [0.2, 0.25) is 0 Å². The van der Waals surface area contributed by atoms with E-state index in [1.807, 2.05) is 42.6 Å². The van der Waals surface area contributed by atoms with Crippen LogP contribution < -0.4 is 15.5 Å². The number of ether oxygens (including phenoxy) is 1. The maximum Gasteiger partial charge on any atom is 0.229 e. The maximum atomic E-state index is 5.42. The summed E-state index contributed by atoms with van der Waals surface area (Å²) in [6.45, 7) is 3.42. The molecule has 7 nitrogen and oxygen atoms in total. The molecule has 3 heterocycles. The van der Waals surface area contributed by atoms with Crippen LogP contribution >= 0.6 is 0 Å². The number of anilines is 5. The highest BCUT2D eigenvalue weighted by Gasteiger charge is 2.11. The van der Waals surface area contributed by atoms with Crippen LogP contribution in [0.5, 0.6) is 0 Å². The number of aromatic nitrogens is 3. The number of rotatable bonds is 5. The standard InChI is InChI=1S/C22H22N6O/c1-4-19(28-11-13-29-14-12-28)5-2-17(1)26-22-24-10-8-21(27-22)25-18-3-6-20-16(15-18)7-9-23-20/h1-10,15,23H,11-14H2,(H2,24,25,26,27). The van der Waals surface area contributed by atoms with Gasteiger partial charge in [-0.1, -0.05) is 0 Å². The highest BCUT2D eigenvalue weighted by atomic mass is 16.5. The number of benzene rings is 2. The van der Waals surface area contributed by atoms with Crippen molar-refractivity contribution in [2.75, 3.05) is 41.8 Å². The van der Waals surface area contributed by atoms with E-state index in [2.05, 4.69) is 48.7 Å². The number of H-pyrrole nitrogens is 1. The van der Waals surface area contributed by atoms with Crippen molar-refractivity contribution < 1.29 is 4.74 Å². The third kappa shape index (κ3) is 4.00. The van der Waals surface area contributed by atoms with Crippen LogP contribution in [0.3, 0.4) is 0 Å². The van der Waals surface area contributed by atoms with Crippen LogP contribution in [-0.4, -0.2) is 41.3 Å². The third-order valence-corrected chi connectivity index (χ3v) is 4.98. The summed E-state index contributed by atoms with van der Waals surface area (Å²) in [6.07, 6.45) is 3.68. The first-order valence-electron chi connectivity index (χ1n) is 9.70. The van der Waals surface area contributed by atoms with E-state index in [9.17, 15) is 0 Å². The molecule has 0 saturated carbocycles. The van der Waals surface area contributed by atoms with Gasteiger partial charge < -0.3 is 25.3 Å². The number of aromatic amines is 1. The highest BCUT2D eigenvalue weighted by molar-refractivity contribution is 5.83. The second-order valence-corrected chi connectivity index (χ2v) is 6.94. The van der Waals surface area contributed by atoms with Crippen molar-refractivity contribution in [2.24, 2.45) is 0 Å². The Labute approximate surface area is 168 Å². The lowest BCUT2D eigenvalue weighted by Crippen LogP contribution is -2.36. The first-order valence-corrected chi connectivity index (χ1v) is 9.70. The molecule has 29 heavy (non-hydrogen) atoms. The first-order chi connectivity index (χ1) is 14.3. The number of morpholine rings is 1. The van der Waals surface area contributed by atoms with Crippen LogP contribution in [0.4, 0.5) is 28.8 Å². The second kappa shape index (κ2) is 7.81. The Morgan fingerprint density at radius 2 is 1.72 bits per heavy atom. The molecular formula is C22H22N6O. The van der Waals surface area contributed by atoms with E-state index in [0.29, 0.717) is 5.95 Å². The molecule has 146 valence electrons. The smallest absolute Gasteiger partial charge is 0.229 e. The normalized spacial score (nSPS) is 14.1. The minimum Gasteiger partial charge on any atom is -0.378 e. The number of hydrogen-bond donors (Lipinski definition) is 3. The molecule has 1 fully saturated rings. The van der Waals surface area contributed by atoms with E-state index in [-0.39, 0.29) is 0 Å². The summed E-state index contributed by atoms with van der Waals surface area (Å²) in [6, 6.07) is 18.4. The summed E-state index contributed by atoms with van der Waals surface area (Å²) in [5.74, 6) is 1.29. The van der Waals surface area contributed by atoms with Crippen LogP contribution in [0.1, 0.15) is 0 Å². The molecule has 2 aromatic carbocycles. The van der Waals surface area contributed by atoms with Crippen molar-refractivity contribution in [2.45, 2.75) is 0 Å². The predicted octanol–water partition coefficient (Wildman–Crippen LogP) is 4.28. The molecule has 0 spiro atoms. The lowest BCUT2D eigenvalue weighted by Gasteiger charge is -2.28. The number of hydrogen-bond acceptors (Lipinski definition) is 6. The topological polar surface area (TPSA) is 78.1 Å². The van der Waals surface area contributed by atoms with Gasteiger partial charge in [-0.2, -0.15) is 4.98 Å². The molecule has 5 rings (SSSR count). The van der Waals surface area contributed by atoms with Crippen molar-refractivity contribution in [1.82, 2.24) is 15.0 Å². The predicted molar refractivity (Wildman–Crippen MR) is 116 cm³/mol. The minimum atomic E-state index is 0.553. The molecule has 0 radical (unpaired) electrons. The van der Waals surface area contributed by atoms with Gasteiger partial charge in [0, 0.05) is 53.4 Å². The molecule has 1 saturated heterocycles. The van der Waals surface area contributed by atoms with E-state index in [0.717, 1.165) is 54.4 Å². The number of fused-ring (bicyclic) bond motifs is 1. The first kappa shape index (κ1) is 17.5. The van der Waals surface area contributed by atoms with Gasteiger partial charge in [0.2, 0.25) is 5.95 Å². The monoisotopic (exact) mass is 386 g/mol. The fourth-order valence-corrected chi connectivity index (χ4v) is 3.47. The van der Waals surface area contributed by atoms with E-state index in [1.54, 1.807) is 6.20 Å². The zero-order valence-corrected chi connectivity index (χ0v) is 15.9. The van der Waals surface area contributed by atoms with Crippen molar-refractivity contribution in [1.29, 1.82) is 0 Å². The van der Waals surface area contributed by atoms with Crippen LogP contribution in [-0.2, 0) is 4.74 Å². The Morgan fingerprint density at radius 3 is 2.59 bits per heavy atom. The van der Waals surface area contributed by atoms with E-state index in [4.69, 9.17) is 4.74 Å². The van der Waals surface area contributed by atoms with E-state index < -0.39 is 0 Å². The van der Waals surface area contributed by atoms with Gasteiger partial charge in [-0.3, -0.25) is 0 Å². The molecule has 0 unspecified atom stereocenters. The quantitative estimate of drug-likeness (QED) is 0.475. The molecule has 3 N–H and O–H groups in total. The molecule has 7 heteroatoms. The Kier molecular flexibility index (Phi) is 4.72. The van der Waals surface area contributed by atoms with Gasteiger partial charge in [-0.15, -0.1) is 0 Å². The van der Waals surface area contributed by atoms with Gasteiger partial charge in [0.05, 0.1) is 13.2 Å². The molecule has 2 aromatic heterocycles. The SMILES string of the molecule is c1cc(Nc2ccc3[nH]ccc3c2)nc(Nc2ccc(N3CCOCC3)cc2)n1. The minimum absolute atomic E-state index is 0.553. The molecule has 0 bridgehead atoms. The fraction of sp³-hybridized carbons (Fsp3) is 0.182. The molecule has 4 aromatic rings. The summed E-state index contributed by atoms with van der Waals surface area (Å²) in [7, 11) is 0. The second-order valence-electron chi connectivity index (χ2n) is 6.94. The summed E-state index contributed by atoms with van der Waals surface area (Å²) in [4.78, 5) is 14.4. The Morgan fingerprint density at radius 1 is 0.897 bits per heavy atom. The van der Waals surface area contributed by atoms with Crippen molar-refractivity contribution in [3.8, 4) is 0 Å². The highest BCUT2D eigenvalue weighted by Crippen LogP contribution is 2.23. The fourth-order valence-electron chi connectivity index (χ4n) is 3.47. The number of nitrogens with one attached hydrogen (secondary N) is 3. The molecule has 1 aliphatic heterocycles. The lowest BCUT2D eigenvalue weighted by molar-refractivity contribution is 0.122. The van der Waals surface area contributed by atoms with Gasteiger partial charge in [0.25, 0.3) is 0 Å². The zero-order chi connectivity index (χ0) is 19.5. The molecule has 0 atom stereocenters. The summed E-state index contributed by atoms with van der Waals surface area (Å²) in [5.41, 5.74) is 4.25. The molecular weight excluding hydrogens is 364 g/mol. The van der Waals surface area contributed by atoms with Crippen molar-refractivity contribution >= 4 is 39.7 Å². The molecule has 1 aliphatic rings. The molecule has 0 amide bonds. The van der Waals surface area contributed by atoms with E-state index >= 15 is 0 Å². The maximum absolute atomic E-state index is 5.42. The van der Waals surface area contributed by atoms with Gasteiger partial charge >= 0.3 is 0 Å². The average Bonchev–Trinajstić information content (AvgIpc) is 3.23. The van der Waals surface area contributed by atoms with Crippen molar-refractivity contribution in [3.63, 3.8) is 0 Å². The van der Waals surface area contributed by atoms with Crippen molar-refractivity contribution in [3.05, 3.63) is 67.0 Å². The van der Waals surface area contributed by atoms with Crippen LogP contribution in [0.25, 0.3) is 10.9 Å². The lowest BCUT2D eigenvalue weighted by atomic mass is 10.2. The van der Waals surface area contributed by atoms with Gasteiger partial charge in [0.1, 0.15) is 5.82 Å². The van der Waals surface area contributed by atoms with E-state index in [1.165, 1.54) is 5.69 Å². The van der Waals surface area contributed by atoms with Crippen LogP contribution in [0, 0.1) is 0 Å². The Balaban J connectivity index is 1.28. The summed E-state index contributed by atoms with van der Waals surface area (Å²) < 4.78 is 5.42. The van der Waals surface area contributed by atoms with Crippen LogP contribution in [0.15, 0.2) is 67.0 Å². The Hall–Kier alpha value is -3.58. The Bertz CT molecular complexity index is 1100. The zero-order valence-electron chi connectivity index (χ0n) is 15.9. The molecule has 0 aliphatic carbocycles.